The van der Waals surface area contributed by atoms with Crippen LogP contribution in [0.5, 0.6) is 17.2 Å². The van der Waals surface area contributed by atoms with Crippen molar-refractivity contribution in [2.75, 3.05) is 12.4 Å². The Bertz CT molecular complexity index is 794. The molecular weight excluding hydrogens is 370 g/mol. The molecule has 0 fully saturated rings. The minimum Gasteiger partial charge on any atom is -0.497 e. The SMILES string of the molecule is COc1ccc(NC(=O)/C=C/c2ccc(OC(F)F)cc2OC(F)F)cc1. The molecule has 2 aromatic rings. The van der Waals surface area contributed by atoms with Crippen LogP contribution < -0.4 is 19.5 Å². The summed E-state index contributed by atoms with van der Waals surface area (Å²) in [6, 6.07) is 9.78. The number of carbonyl (C=O) groups excluding carboxylic acids is 1. The number of amides is 1. The third kappa shape index (κ3) is 6.53. The smallest absolute Gasteiger partial charge is 0.387 e. The zero-order valence-electron chi connectivity index (χ0n) is 14.0. The van der Waals surface area contributed by atoms with Gasteiger partial charge < -0.3 is 19.5 Å². The number of hydrogen-bond acceptors (Lipinski definition) is 4. The van der Waals surface area contributed by atoms with Gasteiger partial charge in [0.25, 0.3) is 0 Å². The fourth-order valence-electron chi connectivity index (χ4n) is 2.05. The summed E-state index contributed by atoms with van der Waals surface area (Å²) in [6.45, 7) is -6.28. The van der Waals surface area contributed by atoms with Gasteiger partial charge in [-0.1, -0.05) is 0 Å². The molecule has 0 bridgehead atoms. The highest BCUT2D eigenvalue weighted by Crippen LogP contribution is 2.28. The summed E-state index contributed by atoms with van der Waals surface area (Å²) in [7, 11) is 1.51. The van der Waals surface area contributed by atoms with Gasteiger partial charge in [-0.25, -0.2) is 0 Å². The lowest BCUT2D eigenvalue weighted by Gasteiger charge is -2.11. The highest BCUT2D eigenvalue weighted by molar-refractivity contribution is 6.02. The van der Waals surface area contributed by atoms with E-state index >= 15 is 0 Å². The summed E-state index contributed by atoms with van der Waals surface area (Å²) in [4.78, 5) is 11.9. The molecule has 1 N–H and O–H groups in total. The molecule has 5 nitrogen and oxygen atoms in total. The number of methoxy groups -OCH3 is 1. The largest absolute Gasteiger partial charge is 0.497 e. The van der Waals surface area contributed by atoms with Crippen LogP contribution in [0.1, 0.15) is 5.56 Å². The van der Waals surface area contributed by atoms with Crippen molar-refractivity contribution in [1.29, 1.82) is 0 Å². The molecule has 0 spiro atoms. The van der Waals surface area contributed by atoms with Crippen LogP contribution in [0.25, 0.3) is 6.08 Å². The predicted octanol–water partition coefficient (Wildman–Crippen LogP) is 4.55. The van der Waals surface area contributed by atoms with Gasteiger partial charge in [0.05, 0.1) is 7.11 Å². The Hall–Kier alpha value is -3.23. The molecule has 0 aliphatic rings. The van der Waals surface area contributed by atoms with Gasteiger partial charge in [0.1, 0.15) is 17.2 Å². The molecule has 0 saturated heterocycles. The van der Waals surface area contributed by atoms with Crippen molar-refractivity contribution >= 4 is 17.7 Å². The van der Waals surface area contributed by atoms with Crippen molar-refractivity contribution in [3.05, 3.63) is 54.1 Å². The fourth-order valence-corrected chi connectivity index (χ4v) is 2.05. The highest BCUT2D eigenvalue weighted by Gasteiger charge is 2.12. The molecule has 27 heavy (non-hydrogen) atoms. The Balaban J connectivity index is 2.11. The number of hydrogen-bond donors (Lipinski definition) is 1. The second-order valence-electron chi connectivity index (χ2n) is 5.01. The van der Waals surface area contributed by atoms with Crippen LogP contribution >= 0.6 is 0 Å². The van der Waals surface area contributed by atoms with E-state index in [4.69, 9.17) is 4.74 Å². The third-order valence-electron chi connectivity index (χ3n) is 3.20. The van der Waals surface area contributed by atoms with Crippen molar-refractivity contribution in [3.8, 4) is 17.2 Å². The molecular formula is C18H15F4NO4. The number of rotatable bonds is 8. The van der Waals surface area contributed by atoms with Crippen LogP contribution in [0.15, 0.2) is 48.5 Å². The maximum absolute atomic E-state index is 12.5. The molecule has 1 amide bonds. The number of carbonyl (C=O) groups is 1. The Kier molecular flexibility index (Phi) is 7.04. The van der Waals surface area contributed by atoms with E-state index < -0.39 is 24.9 Å². The van der Waals surface area contributed by atoms with Crippen molar-refractivity contribution in [2.24, 2.45) is 0 Å². The van der Waals surface area contributed by atoms with Gasteiger partial charge >= 0.3 is 13.2 Å². The summed E-state index contributed by atoms with van der Waals surface area (Å²) in [5.74, 6) is -0.670. The first-order valence-electron chi connectivity index (χ1n) is 7.54. The minimum atomic E-state index is -3.17. The molecule has 0 aliphatic carbocycles. The summed E-state index contributed by atoms with van der Waals surface area (Å²) >= 11 is 0. The maximum atomic E-state index is 12.5. The number of alkyl halides is 4. The number of ether oxygens (including phenoxy) is 3. The first-order valence-corrected chi connectivity index (χ1v) is 7.54. The summed E-state index contributed by atoms with van der Waals surface area (Å²) < 4.78 is 62.9. The topological polar surface area (TPSA) is 56.8 Å². The van der Waals surface area contributed by atoms with Gasteiger partial charge in [-0.15, -0.1) is 0 Å². The van der Waals surface area contributed by atoms with E-state index in [9.17, 15) is 22.4 Å². The molecule has 0 radical (unpaired) electrons. The molecule has 0 unspecified atom stereocenters. The minimum absolute atomic E-state index is 0.0850. The average Bonchev–Trinajstić information content (AvgIpc) is 2.60. The maximum Gasteiger partial charge on any atom is 0.387 e. The monoisotopic (exact) mass is 385 g/mol. The van der Waals surface area contributed by atoms with Crippen LogP contribution in [0.3, 0.4) is 0 Å². The Morgan fingerprint density at radius 1 is 0.963 bits per heavy atom. The van der Waals surface area contributed by atoms with Crippen LogP contribution in [0.4, 0.5) is 23.2 Å². The zero-order valence-corrected chi connectivity index (χ0v) is 14.0. The van der Waals surface area contributed by atoms with E-state index in [1.807, 2.05) is 0 Å². The van der Waals surface area contributed by atoms with Gasteiger partial charge in [0.2, 0.25) is 5.91 Å². The molecule has 0 aliphatic heterocycles. The molecule has 2 aromatic carbocycles. The second kappa shape index (κ2) is 9.46. The van der Waals surface area contributed by atoms with E-state index in [0.717, 1.165) is 18.2 Å². The van der Waals surface area contributed by atoms with E-state index in [2.05, 4.69) is 14.8 Å². The van der Waals surface area contributed by atoms with E-state index in [1.165, 1.54) is 19.3 Å². The molecule has 144 valence electrons. The third-order valence-corrected chi connectivity index (χ3v) is 3.20. The summed E-state index contributed by atoms with van der Waals surface area (Å²) in [6.07, 6.45) is 2.30. The van der Waals surface area contributed by atoms with Crippen molar-refractivity contribution in [2.45, 2.75) is 13.2 Å². The normalized spacial score (nSPS) is 11.1. The predicted molar refractivity (Wildman–Crippen MR) is 90.4 cm³/mol. The number of anilines is 1. The summed E-state index contributed by atoms with van der Waals surface area (Å²) in [5.41, 5.74) is 0.581. The summed E-state index contributed by atoms with van der Waals surface area (Å²) in [5, 5.41) is 2.57. The Labute approximate surface area is 152 Å². The van der Waals surface area contributed by atoms with Crippen LogP contribution in [0, 0.1) is 0 Å². The number of halogens is 4. The molecule has 0 atom stereocenters. The van der Waals surface area contributed by atoms with Crippen molar-refractivity contribution < 1.29 is 36.6 Å². The lowest BCUT2D eigenvalue weighted by atomic mass is 10.1. The van der Waals surface area contributed by atoms with Gasteiger partial charge in [-0.2, -0.15) is 17.6 Å². The van der Waals surface area contributed by atoms with Gasteiger partial charge in [-0.3, -0.25) is 4.79 Å². The van der Waals surface area contributed by atoms with E-state index in [1.54, 1.807) is 24.3 Å². The molecule has 9 heteroatoms. The Morgan fingerprint density at radius 2 is 1.59 bits per heavy atom. The van der Waals surface area contributed by atoms with Crippen molar-refractivity contribution in [1.82, 2.24) is 0 Å². The van der Waals surface area contributed by atoms with Crippen molar-refractivity contribution in [3.63, 3.8) is 0 Å². The first kappa shape index (κ1) is 20.1. The second-order valence-corrected chi connectivity index (χ2v) is 5.01. The van der Waals surface area contributed by atoms with Crippen LogP contribution in [-0.2, 0) is 4.79 Å². The van der Waals surface area contributed by atoms with E-state index in [-0.39, 0.29) is 11.3 Å². The van der Waals surface area contributed by atoms with Gasteiger partial charge in [0.15, 0.2) is 0 Å². The lowest BCUT2D eigenvalue weighted by Crippen LogP contribution is -2.08. The zero-order chi connectivity index (χ0) is 19.8. The van der Waals surface area contributed by atoms with E-state index in [0.29, 0.717) is 11.4 Å². The van der Waals surface area contributed by atoms with Crippen LogP contribution in [0.2, 0.25) is 0 Å². The van der Waals surface area contributed by atoms with Crippen LogP contribution in [-0.4, -0.2) is 26.2 Å². The fraction of sp³-hybridized carbons (Fsp3) is 0.167. The average molecular weight is 385 g/mol. The molecule has 0 saturated carbocycles. The van der Waals surface area contributed by atoms with Gasteiger partial charge in [-0.05, 0) is 42.5 Å². The lowest BCUT2D eigenvalue weighted by molar-refractivity contribution is -0.111. The standard InChI is InChI=1S/C18H15F4NO4/c1-25-13-7-4-12(5-8-13)23-16(24)9-3-11-2-6-14(26-17(19)20)10-15(11)27-18(21)22/h2-10,17-18H,1H3,(H,23,24)/b9-3+. The Morgan fingerprint density at radius 3 is 2.19 bits per heavy atom. The van der Waals surface area contributed by atoms with Gasteiger partial charge in [0, 0.05) is 23.4 Å². The first-order chi connectivity index (χ1) is 12.9. The quantitative estimate of drug-likeness (QED) is 0.535. The highest BCUT2D eigenvalue weighted by atomic mass is 19.3. The molecule has 0 heterocycles. The molecule has 2 rings (SSSR count). The number of nitrogens with one attached hydrogen (secondary N) is 1. The molecule has 0 aromatic heterocycles. The number of benzene rings is 2.